The molecule has 0 bridgehead atoms. The van der Waals surface area contributed by atoms with Crippen LogP contribution in [0.2, 0.25) is 0 Å². The van der Waals surface area contributed by atoms with Gasteiger partial charge < -0.3 is 5.32 Å². The van der Waals surface area contributed by atoms with E-state index in [1.807, 2.05) is 6.07 Å². The first-order chi connectivity index (χ1) is 10.0. The number of nitriles is 1. The van der Waals surface area contributed by atoms with Crippen molar-refractivity contribution in [3.8, 4) is 6.07 Å². The van der Waals surface area contributed by atoms with Crippen LogP contribution in [0.3, 0.4) is 0 Å². The molecule has 2 N–H and O–H groups in total. The van der Waals surface area contributed by atoms with Gasteiger partial charge in [0.05, 0.1) is 23.4 Å². The van der Waals surface area contributed by atoms with Crippen molar-refractivity contribution in [2.24, 2.45) is 0 Å². The Morgan fingerprint density at radius 3 is 2.90 bits per heavy atom. The summed E-state index contributed by atoms with van der Waals surface area (Å²) in [6, 6.07) is 8.31. The van der Waals surface area contributed by atoms with Crippen LogP contribution in [0.1, 0.15) is 11.1 Å². The summed E-state index contributed by atoms with van der Waals surface area (Å²) in [4.78, 5) is 11.4. The Morgan fingerprint density at radius 1 is 1.33 bits per heavy atom. The number of carbonyl (C=O) groups is 1. The maximum absolute atomic E-state index is 12.4. The lowest BCUT2D eigenvalue weighted by Gasteiger charge is -2.10. The minimum atomic E-state index is -3.86. The first-order valence-electron chi connectivity index (χ1n) is 5.93. The Labute approximate surface area is 125 Å². The quantitative estimate of drug-likeness (QED) is 0.902. The van der Waals surface area contributed by atoms with Crippen molar-refractivity contribution >= 4 is 38.6 Å². The number of carbonyl (C=O) groups excluding carboxylic acids is 1. The second kappa shape index (κ2) is 4.87. The van der Waals surface area contributed by atoms with Crippen LogP contribution in [0, 0.1) is 11.3 Å². The Hall–Kier alpha value is -2.37. The van der Waals surface area contributed by atoms with E-state index in [1.165, 1.54) is 6.07 Å². The topological polar surface area (TPSA) is 99.1 Å². The summed E-state index contributed by atoms with van der Waals surface area (Å²) in [6.45, 7) is 0. The lowest BCUT2D eigenvalue weighted by molar-refractivity contribution is -0.115. The molecule has 0 spiro atoms. The lowest BCUT2D eigenvalue weighted by atomic mass is 10.1. The van der Waals surface area contributed by atoms with E-state index < -0.39 is 10.0 Å². The summed E-state index contributed by atoms with van der Waals surface area (Å²) in [7, 11) is -3.86. The van der Waals surface area contributed by atoms with Crippen LogP contribution in [0.5, 0.6) is 0 Å². The van der Waals surface area contributed by atoms with Crippen LogP contribution in [-0.4, -0.2) is 14.3 Å². The fourth-order valence-corrected chi connectivity index (χ4v) is 4.44. The van der Waals surface area contributed by atoms with Crippen molar-refractivity contribution in [2.75, 3.05) is 10.0 Å². The highest BCUT2D eigenvalue weighted by Crippen LogP contribution is 2.33. The number of para-hydroxylation sites is 1. The Balaban J connectivity index is 2.01. The predicted octanol–water partition coefficient (Wildman–Crippen LogP) is 1.92. The van der Waals surface area contributed by atoms with Gasteiger partial charge in [-0.1, -0.05) is 12.1 Å². The zero-order valence-corrected chi connectivity index (χ0v) is 12.2. The first kappa shape index (κ1) is 13.6. The molecule has 1 amide bonds. The molecule has 106 valence electrons. The average Bonchev–Trinajstić information content (AvgIpc) is 3.04. The number of thiophene rings is 1. The van der Waals surface area contributed by atoms with Crippen molar-refractivity contribution in [1.82, 2.24) is 0 Å². The molecule has 0 aliphatic carbocycles. The molecule has 0 saturated heterocycles. The maximum Gasteiger partial charge on any atom is 0.272 e. The molecule has 3 rings (SSSR count). The minimum absolute atomic E-state index is 0.0353. The summed E-state index contributed by atoms with van der Waals surface area (Å²) in [5.41, 5.74) is 1.62. The maximum atomic E-state index is 12.4. The molecule has 1 aromatic carbocycles. The molecule has 0 atom stereocenters. The molecule has 0 radical (unpaired) electrons. The molecular weight excluding hydrogens is 310 g/mol. The van der Waals surface area contributed by atoms with E-state index in [0.717, 1.165) is 16.9 Å². The number of hydrogen-bond donors (Lipinski definition) is 2. The zero-order valence-electron chi connectivity index (χ0n) is 10.6. The molecule has 0 unspecified atom stereocenters. The van der Waals surface area contributed by atoms with Crippen LogP contribution in [0.4, 0.5) is 11.4 Å². The average molecular weight is 319 g/mol. The zero-order chi connectivity index (χ0) is 15.0. The van der Waals surface area contributed by atoms with Gasteiger partial charge in [-0.3, -0.25) is 9.52 Å². The van der Waals surface area contributed by atoms with E-state index in [9.17, 15) is 13.2 Å². The molecule has 21 heavy (non-hydrogen) atoms. The number of rotatable bonds is 3. The number of nitrogens with one attached hydrogen (secondary N) is 2. The van der Waals surface area contributed by atoms with Crippen LogP contribution in [0.25, 0.3) is 0 Å². The molecule has 2 heterocycles. The number of nitrogens with zero attached hydrogens (tertiary/aromatic N) is 1. The van der Waals surface area contributed by atoms with Gasteiger partial charge in [0.15, 0.2) is 4.21 Å². The van der Waals surface area contributed by atoms with E-state index in [4.69, 9.17) is 5.26 Å². The smallest absolute Gasteiger partial charge is 0.272 e. The molecule has 2 aromatic rings. The number of anilines is 2. The van der Waals surface area contributed by atoms with Crippen LogP contribution < -0.4 is 10.0 Å². The molecular formula is C13H9N3O3S2. The second-order valence-corrected chi connectivity index (χ2v) is 7.20. The molecule has 1 aromatic heterocycles. The highest BCUT2D eigenvalue weighted by molar-refractivity contribution is 7.94. The minimum Gasteiger partial charge on any atom is -0.324 e. The summed E-state index contributed by atoms with van der Waals surface area (Å²) in [6.07, 6.45) is 0.230. The van der Waals surface area contributed by atoms with Crippen molar-refractivity contribution in [3.05, 3.63) is 40.8 Å². The first-order valence-corrected chi connectivity index (χ1v) is 8.30. The monoisotopic (exact) mass is 319 g/mol. The molecule has 0 fully saturated rings. The van der Waals surface area contributed by atoms with Crippen LogP contribution in [0.15, 0.2) is 33.9 Å². The van der Waals surface area contributed by atoms with E-state index >= 15 is 0 Å². The number of fused-ring (bicyclic) bond motifs is 1. The van der Waals surface area contributed by atoms with Gasteiger partial charge in [0.1, 0.15) is 6.07 Å². The summed E-state index contributed by atoms with van der Waals surface area (Å²) in [5.74, 6) is -0.175. The number of sulfonamides is 1. The standard InChI is InChI=1S/C13H9N3O3S2/c14-7-9-4-5-20-13(9)21(18,19)16-10-3-1-2-8-6-11(17)15-12(8)10/h1-5,16H,6H2,(H,15,17). The Bertz CT molecular complexity index is 878. The van der Waals surface area contributed by atoms with Gasteiger partial charge in [-0.15, -0.1) is 11.3 Å². The van der Waals surface area contributed by atoms with E-state index in [1.54, 1.807) is 23.6 Å². The largest absolute Gasteiger partial charge is 0.324 e. The van der Waals surface area contributed by atoms with Crippen LogP contribution in [-0.2, 0) is 21.2 Å². The number of benzene rings is 1. The third-order valence-electron chi connectivity index (χ3n) is 3.00. The normalized spacial score (nSPS) is 13.4. The molecule has 6 nitrogen and oxygen atoms in total. The van der Waals surface area contributed by atoms with Gasteiger partial charge in [-0.2, -0.15) is 5.26 Å². The van der Waals surface area contributed by atoms with Gasteiger partial charge in [-0.05, 0) is 23.1 Å². The second-order valence-electron chi connectivity index (χ2n) is 4.40. The SMILES string of the molecule is N#Cc1ccsc1S(=O)(=O)Nc1cccc2c1NC(=O)C2. The van der Waals surface area contributed by atoms with Crippen molar-refractivity contribution in [2.45, 2.75) is 10.6 Å². The third-order valence-corrected chi connectivity index (χ3v) is 5.85. The summed E-state index contributed by atoms with van der Waals surface area (Å²) in [5, 5.41) is 13.1. The van der Waals surface area contributed by atoms with Gasteiger partial charge in [0, 0.05) is 0 Å². The van der Waals surface area contributed by atoms with E-state index in [0.29, 0.717) is 11.4 Å². The lowest BCUT2D eigenvalue weighted by Crippen LogP contribution is -2.14. The van der Waals surface area contributed by atoms with Gasteiger partial charge >= 0.3 is 0 Å². The fourth-order valence-electron chi connectivity index (χ4n) is 2.11. The van der Waals surface area contributed by atoms with E-state index in [2.05, 4.69) is 10.0 Å². The summed E-state index contributed by atoms with van der Waals surface area (Å²) >= 11 is 0.974. The number of amides is 1. The molecule has 1 aliphatic heterocycles. The van der Waals surface area contributed by atoms with Crippen LogP contribution >= 0.6 is 11.3 Å². The van der Waals surface area contributed by atoms with Gasteiger partial charge in [-0.25, -0.2) is 8.42 Å². The molecule has 0 saturated carbocycles. The van der Waals surface area contributed by atoms with Gasteiger partial charge in [0.2, 0.25) is 5.91 Å². The Kier molecular flexibility index (Phi) is 3.16. The predicted molar refractivity (Wildman–Crippen MR) is 78.6 cm³/mol. The Morgan fingerprint density at radius 2 is 2.14 bits per heavy atom. The fraction of sp³-hybridized carbons (Fsp3) is 0.0769. The highest BCUT2D eigenvalue weighted by atomic mass is 32.2. The molecule has 1 aliphatic rings. The highest BCUT2D eigenvalue weighted by Gasteiger charge is 2.25. The van der Waals surface area contributed by atoms with Crippen molar-refractivity contribution in [1.29, 1.82) is 5.26 Å². The third kappa shape index (κ3) is 2.37. The van der Waals surface area contributed by atoms with Gasteiger partial charge in [0.25, 0.3) is 10.0 Å². The summed E-state index contributed by atoms with van der Waals surface area (Å²) < 4.78 is 27.1. The number of hydrogen-bond acceptors (Lipinski definition) is 5. The molecule has 8 heteroatoms. The van der Waals surface area contributed by atoms with E-state index in [-0.39, 0.29) is 22.1 Å². The van der Waals surface area contributed by atoms with Crippen molar-refractivity contribution < 1.29 is 13.2 Å². The van der Waals surface area contributed by atoms with Crippen molar-refractivity contribution in [3.63, 3.8) is 0 Å².